The summed E-state index contributed by atoms with van der Waals surface area (Å²) in [5, 5.41) is 0. The van der Waals surface area contributed by atoms with Gasteiger partial charge in [-0.2, -0.15) is 26.3 Å². The second-order valence-electron chi connectivity index (χ2n) is 20.9. The van der Waals surface area contributed by atoms with Crippen molar-refractivity contribution in [1.29, 1.82) is 0 Å². The van der Waals surface area contributed by atoms with E-state index in [1.54, 1.807) is 19.1 Å². The van der Waals surface area contributed by atoms with Crippen LogP contribution in [0.25, 0.3) is 0 Å². The molecular weight excluding hydrogens is 1000 g/mol. The van der Waals surface area contributed by atoms with E-state index in [0.29, 0.717) is 44.9 Å². The van der Waals surface area contributed by atoms with Crippen LogP contribution in [-0.2, 0) is 68.2 Å². The molecule has 0 unspecified atom stereocenters. The Hall–Kier alpha value is -4.07. The zero-order chi connectivity index (χ0) is 54.8. The minimum absolute atomic E-state index is 0.0313. The second-order valence-corrected chi connectivity index (χ2v) is 20.9. The van der Waals surface area contributed by atoms with E-state index >= 15 is 0 Å². The zero-order valence-corrected chi connectivity index (χ0v) is 44.7. The molecule has 3 fully saturated rings. The van der Waals surface area contributed by atoms with Crippen LogP contribution in [0.4, 0.5) is 26.3 Å². The summed E-state index contributed by atoms with van der Waals surface area (Å²) >= 11 is 0. The molecule has 0 aromatic heterocycles. The van der Waals surface area contributed by atoms with E-state index in [2.05, 4.69) is 6.92 Å². The van der Waals surface area contributed by atoms with Crippen LogP contribution in [-0.4, -0.2) is 106 Å². The number of halogens is 6. The van der Waals surface area contributed by atoms with Crippen molar-refractivity contribution in [3.63, 3.8) is 0 Å². The summed E-state index contributed by atoms with van der Waals surface area (Å²) < 4.78 is 141. The summed E-state index contributed by atoms with van der Waals surface area (Å²) in [5.41, 5.74) is -7.18. The molecule has 11 atom stereocenters. The molecule has 76 heavy (non-hydrogen) atoms. The third-order valence-electron chi connectivity index (χ3n) is 15.5. The number of rotatable bonds is 30. The average Bonchev–Trinajstić information content (AvgIpc) is 4.13. The maximum absolute atomic E-state index is 14.9. The van der Waals surface area contributed by atoms with E-state index in [4.69, 9.17) is 42.6 Å². The molecule has 0 N–H and O–H groups in total. The van der Waals surface area contributed by atoms with Gasteiger partial charge in [-0.1, -0.05) is 138 Å². The van der Waals surface area contributed by atoms with Gasteiger partial charge in [0.15, 0.2) is 0 Å². The number of methoxy groups -OCH3 is 2. The Bertz CT molecular complexity index is 2110. The molecule has 0 amide bonds. The predicted molar refractivity (Wildman–Crippen MR) is 270 cm³/mol. The molecule has 12 nitrogen and oxygen atoms in total. The normalized spacial score (nSPS) is 25.7. The highest BCUT2D eigenvalue weighted by Gasteiger charge is 2.65. The minimum atomic E-state index is -5.14. The van der Waals surface area contributed by atoms with Crippen molar-refractivity contribution < 1.29 is 83.4 Å². The van der Waals surface area contributed by atoms with Gasteiger partial charge in [0.2, 0.25) is 0 Å². The fourth-order valence-corrected chi connectivity index (χ4v) is 11.3. The molecule has 3 saturated heterocycles. The predicted octanol–water partition coefficient (Wildman–Crippen LogP) is 13.2. The first kappa shape index (κ1) is 61.1. The highest BCUT2D eigenvalue weighted by molar-refractivity contribution is 5.91. The Morgan fingerprint density at radius 2 is 1.09 bits per heavy atom. The van der Waals surface area contributed by atoms with Crippen molar-refractivity contribution in [2.75, 3.05) is 21.0 Å². The van der Waals surface area contributed by atoms with Gasteiger partial charge in [0.25, 0.3) is 11.2 Å². The Kier molecular flexibility index (Phi) is 23.5. The fraction of sp³-hybridized carbons (Fsp3) is 0.707. The van der Waals surface area contributed by atoms with Crippen LogP contribution in [0.1, 0.15) is 173 Å². The maximum Gasteiger partial charge on any atom is 0.432 e. The third kappa shape index (κ3) is 15.8. The molecule has 0 bridgehead atoms. The second kappa shape index (κ2) is 29.2. The first-order chi connectivity index (χ1) is 36.5. The maximum atomic E-state index is 14.9. The number of unbranched alkanes of at least 4 members (excludes halogenated alkanes) is 11. The standard InChI is InChI=1S/C58H80F6O12/c1-5-6-7-8-9-10-14-23-30-48(76-54(67)56(69-4,58(62,63)64)43-26-19-16-20-27-43)51-36-35-50(75-51)47-34-33-46(70-39-71-47)49-32-31-44(73-49)28-21-12-11-13-22-29-45(38-41-37-40(2)72-52(41)65)74-53(66)55(68-3,57(59,60)61)42-24-17-15-18-25-42/h15-20,24-27,37,40,44-51H,5-14,21-23,28-36,38-39H2,1-4H3/t40-,44+,45+,46-,47+,48+,49-,50+,51+,55+,56+/m0/s1. The van der Waals surface area contributed by atoms with Gasteiger partial charge in [-0.05, 0) is 83.6 Å². The third-order valence-corrected chi connectivity index (χ3v) is 15.5. The summed E-state index contributed by atoms with van der Waals surface area (Å²) in [4.78, 5) is 39.8. The Morgan fingerprint density at radius 3 is 1.62 bits per heavy atom. The van der Waals surface area contributed by atoms with E-state index in [9.17, 15) is 40.7 Å². The molecule has 2 aromatic rings. The van der Waals surface area contributed by atoms with Crippen LogP contribution in [0, 0.1) is 0 Å². The lowest BCUT2D eigenvalue weighted by molar-refractivity contribution is -0.280. The number of esters is 3. The molecule has 4 aliphatic heterocycles. The first-order valence-electron chi connectivity index (χ1n) is 27.7. The van der Waals surface area contributed by atoms with Gasteiger partial charge < -0.3 is 42.6 Å². The van der Waals surface area contributed by atoms with Crippen molar-refractivity contribution in [1.82, 2.24) is 0 Å². The van der Waals surface area contributed by atoms with Crippen molar-refractivity contribution in [2.24, 2.45) is 0 Å². The summed E-state index contributed by atoms with van der Waals surface area (Å²) in [7, 11) is 1.69. The van der Waals surface area contributed by atoms with Crippen molar-refractivity contribution in [2.45, 2.75) is 240 Å². The van der Waals surface area contributed by atoms with E-state index < -0.39 is 71.4 Å². The quantitative estimate of drug-likeness (QED) is 0.0319. The van der Waals surface area contributed by atoms with E-state index in [1.165, 1.54) is 55.3 Å². The first-order valence-corrected chi connectivity index (χ1v) is 27.7. The van der Waals surface area contributed by atoms with Crippen molar-refractivity contribution in [3.8, 4) is 0 Å². The number of carbonyl (C=O) groups is 3. The summed E-state index contributed by atoms with van der Waals surface area (Å²) in [6.07, 6.45) is 4.77. The fourth-order valence-electron chi connectivity index (χ4n) is 11.3. The summed E-state index contributed by atoms with van der Waals surface area (Å²) in [5.74, 6) is -3.71. The molecule has 4 heterocycles. The van der Waals surface area contributed by atoms with Gasteiger partial charge in [0.1, 0.15) is 25.1 Å². The minimum Gasteiger partial charge on any atom is -0.459 e. The molecular formula is C58H80F6O12. The van der Waals surface area contributed by atoms with Crippen LogP contribution >= 0.6 is 0 Å². The smallest absolute Gasteiger partial charge is 0.432 e. The van der Waals surface area contributed by atoms with E-state index in [1.807, 2.05) is 0 Å². The van der Waals surface area contributed by atoms with Gasteiger partial charge >= 0.3 is 30.3 Å². The number of alkyl halides is 6. The zero-order valence-electron chi connectivity index (χ0n) is 44.7. The number of cyclic esters (lactones) is 1. The van der Waals surface area contributed by atoms with Crippen molar-refractivity contribution in [3.05, 3.63) is 83.4 Å². The van der Waals surface area contributed by atoms with Gasteiger partial charge in [0.05, 0.1) is 36.6 Å². The van der Waals surface area contributed by atoms with Gasteiger partial charge in [-0.15, -0.1) is 0 Å². The molecule has 0 spiro atoms. The highest BCUT2D eigenvalue weighted by atomic mass is 19.4. The number of benzene rings is 2. The van der Waals surface area contributed by atoms with Crippen LogP contribution < -0.4 is 0 Å². The largest absolute Gasteiger partial charge is 0.459 e. The molecule has 0 saturated carbocycles. The lowest BCUT2D eigenvalue weighted by Gasteiger charge is -2.35. The number of carbonyl (C=O) groups excluding carboxylic acids is 3. The lowest BCUT2D eigenvalue weighted by atomic mass is 9.92. The molecule has 18 heteroatoms. The SMILES string of the molecule is CCCCCCCCCC[C@@H](OC(=O)[C@](OC)(c1ccccc1)C(F)(F)F)[C@H]1CC[C@H]([C@H]2CC[C@@H]([C@@H]3CC[C@@H](CCCCCCC[C@H](CC4=C[C@H](C)OC4=O)OC(=O)[C@](OC)(c4ccccc4)C(F)(F)F)O3)OCO2)O1. The molecule has 426 valence electrons. The van der Waals surface area contributed by atoms with Gasteiger partial charge in [-0.25, -0.2) is 14.4 Å². The molecule has 4 aliphatic rings. The Balaban J connectivity index is 0.951. The van der Waals surface area contributed by atoms with Crippen LogP contribution in [0.2, 0.25) is 0 Å². The van der Waals surface area contributed by atoms with Crippen molar-refractivity contribution >= 4 is 17.9 Å². The Morgan fingerprint density at radius 1 is 0.605 bits per heavy atom. The monoisotopic (exact) mass is 1080 g/mol. The van der Waals surface area contributed by atoms with Crippen LogP contribution in [0.5, 0.6) is 0 Å². The average molecular weight is 1080 g/mol. The molecule has 6 rings (SSSR count). The molecule has 0 radical (unpaired) electrons. The van der Waals surface area contributed by atoms with Gasteiger partial charge in [-0.3, -0.25) is 0 Å². The number of hydrogen-bond donors (Lipinski definition) is 0. The molecule has 0 aliphatic carbocycles. The summed E-state index contributed by atoms with van der Waals surface area (Å²) in [6.45, 7) is 3.87. The highest BCUT2D eigenvalue weighted by Crippen LogP contribution is 2.46. The van der Waals surface area contributed by atoms with E-state index in [0.717, 1.165) is 103 Å². The Labute approximate surface area is 444 Å². The van der Waals surface area contributed by atoms with Crippen LogP contribution in [0.3, 0.4) is 0 Å². The van der Waals surface area contributed by atoms with Crippen LogP contribution in [0.15, 0.2) is 72.3 Å². The number of hydrogen-bond acceptors (Lipinski definition) is 12. The lowest BCUT2D eigenvalue weighted by Crippen LogP contribution is -2.53. The summed E-state index contributed by atoms with van der Waals surface area (Å²) in [6, 6.07) is 13.5. The van der Waals surface area contributed by atoms with Gasteiger partial charge in [0, 0.05) is 37.3 Å². The number of ether oxygens (including phenoxy) is 9. The molecule has 2 aromatic carbocycles. The topological polar surface area (TPSA) is 134 Å². The van der Waals surface area contributed by atoms with E-state index in [-0.39, 0.29) is 61.3 Å².